The molecule has 0 radical (unpaired) electrons. The van der Waals surface area contributed by atoms with Crippen LogP contribution in [0, 0.1) is 0 Å². The summed E-state index contributed by atoms with van der Waals surface area (Å²) in [6, 6.07) is -0.904. The van der Waals surface area contributed by atoms with Gasteiger partial charge < -0.3 is 5.11 Å². The highest BCUT2D eigenvalue weighted by Crippen LogP contribution is 2.19. The highest BCUT2D eigenvalue weighted by atomic mass is 32.2. The van der Waals surface area contributed by atoms with E-state index in [-0.39, 0.29) is 13.1 Å². The van der Waals surface area contributed by atoms with E-state index in [0.717, 1.165) is 4.31 Å². The van der Waals surface area contributed by atoms with Crippen molar-refractivity contribution in [1.29, 1.82) is 0 Å². The van der Waals surface area contributed by atoms with Crippen molar-refractivity contribution in [3.05, 3.63) is 0 Å². The smallest absolute Gasteiger partial charge is 0.322 e. The van der Waals surface area contributed by atoms with Crippen LogP contribution in [0.5, 0.6) is 0 Å². The fourth-order valence-corrected chi connectivity index (χ4v) is 2.97. The molecule has 0 aromatic carbocycles. The van der Waals surface area contributed by atoms with Gasteiger partial charge in [-0.2, -0.15) is 12.7 Å². The second-order valence-electron chi connectivity index (χ2n) is 3.11. The molecule has 2 N–H and O–H groups in total. The molecule has 0 aromatic rings. The Bertz CT molecular complexity index is 314. The van der Waals surface area contributed by atoms with Crippen molar-refractivity contribution in [2.45, 2.75) is 25.8 Å². The summed E-state index contributed by atoms with van der Waals surface area (Å²) in [4.78, 5) is 10.7. The maximum atomic E-state index is 11.5. The SMILES string of the molecule is CCNS(=O)(=O)N1CCCC1C(=O)O. The molecule has 0 amide bonds. The fraction of sp³-hybridized carbons (Fsp3) is 0.857. The molecule has 6 nitrogen and oxygen atoms in total. The number of nitrogens with zero attached hydrogens (tertiary/aromatic N) is 1. The molecule has 0 spiro atoms. The normalized spacial score (nSPS) is 23.9. The van der Waals surface area contributed by atoms with E-state index in [9.17, 15) is 13.2 Å². The Morgan fingerprint density at radius 1 is 1.64 bits per heavy atom. The summed E-state index contributed by atoms with van der Waals surface area (Å²) in [5.41, 5.74) is 0. The van der Waals surface area contributed by atoms with Gasteiger partial charge in [-0.1, -0.05) is 6.92 Å². The molecular formula is C7H14N2O4S. The van der Waals surface area contributed by atoms with E-state index < -0.39 is 22.2 Å². The Morgan fingerprint density at radius 3 is 2.79 bits per heavy atom. The van der Waals surface area contributed by atoms with E-state index in [2.05, 4.69) is 4.72 Å². The Balaban J connectivity index is 2.81. The number of carbonyl (C=O) groups is 1. The van der Waals surface area contributed by atoms with Gasteiger partial charge in [-0.15, -0.1) is 0 Å². The van der Waals surface area contributed by atoms with Crippen LogP contribution in [0.4, 0.5) is 0 Å². The molecule has 1 fully saturated rings. The maximum absolute atomic E-state index is 11.5. The van der Waals surface area contributed by atoms with Gasteiger partial charge in [0.25, 0.3) is 10.2 Å². The van der Waals surface area contributed by atoms with Gasteiger partial charge in [0.05, 0.1) is 0 Å². The molecule has 0 bridgehead atoms. The van der Waals surface area contributed by atoms with Gasteiger partial charge in [-0.3, -0.25) is 4.79 Å². The molecule has 1 atom stereocenters. The minimum Gasteiger partial charge on any atom is -0.480 e. The van der Waals surface area contributed by atoms with Crippen LogP contribution in [0.2, 0.25) is 0 Å². The number of aliphatic carboxylic acids is 1. The van der Waals surface area contributed by atoms with Crippen molar-refractivity contribution in [2.75, 3.05) is 13.1 Å². The predicted molar refractivity (Wildman–Crippen MR) is 50.0 cm³/mol. The zero-order chi connectivity index (χ0) is 10.8. The lowest BCUT2D eigenvalue weighted by Gasteiger charge is -2.20. The van der Waals surface area contributed by atoms with Crippen LogP contribution in [0.3, 0.4) is 0 Å². The second-order valence-corrected chi connectivity index (χ2v) is 4.82. The molecule has 7 heteroatoms. The highest BCUT2D eigenvalue weighted by Gasteiger charge is 2.38. The molecular weight excluding hydrogens is 208 g/mol. The Labute approximate surface area is 83.1 Å². The number of carboxylic acids is 1. The van der Waals surface area contributed by atoms with Gasteiger partial charge in [0.2, 0.25) is 0 Å². The molecule has 1 unspecified atom stereocenters. The minimum atomic E-state index is -3.60. The summed E-state index contributed by atoms with van der Waals surface area (Å²) in [7, 11) is -3.60. The molecule has 1 rings (SSSR count). The predicted octanol–water partition coefficient (Wildman–Crippen LogP) is -0.610. The van der Waals surface area contributed by atoms with Gasteiger partial charge in [-0.05, 0) is 12.8 Å². The molecule has 0 aromatic heterocycles. The molecule has 0 aliphatic carbocycles. The average Bonchev–Trinajstić information content (AvgIpc) is 2.51. The molecule has 82 valence electrons. The maximum Gasteiger partial charge on any atom is 0.322 e. The summed E-state index contributed by atoms with van der Waals surface area (Å²) in [6.07, 6.45) is 0.988. The fourth-order valence-electron chi connectivity index (χ4n) is 1.54. The largest absolute Gasteiger partial charge is 0.480 e. The van der Waals surface area contributed by atoms with E-state index in [1.54, 1.807) is 6.92 Å². The minimum absolute atomic E-state index is 0.269. The van der Waals surface area contributed by atoms with Crippen LogP contribution in [-0.2, 0) is 15.0 Å². The van der Waals surface area contributed by atoms with E-state index in [4.69, 9.17) is 5.11 Å². The Morgan fingerprint density at radius 2 is 2.29 bits per heavy atom. The number of rotatable bonds is 4. The zero-order valence-electron chi connectivity index (χ0n) is 7.93. The summed E-state index contributed by atoms with van der Waals surface area (Å²) in [5, 5.41) is 8.78. The van der Waals surface area contributed by atoms with Crippen molar-refractivity contribution < 1.29 is 18.3 Å². The number of carboxylic acid groups (broad SMARTS) is 1. The first-order chi connectivity index (χ1) is 6.49. The first kappa shape index (κ1) is 11.4. The molecule has 1 aliphatic rings. The van der Waals surface area contributed by atoms with Crippen molar-refractivity contribution in [3.8, 4) is 0 Å². The first-order valence-electron chi connectivity index (χ1n) is 4.48. The van der Waals surface area contributed by atoms with E-state index >= 15 is 0 Å². The van der Waals surface area contributed by atoms with Crippen molar-refractivity contribution in [2.24, 2.45) is 0 Å². The van der Waals surface area contributed by atoms with Gasteiger partial charge in [0.15, 0.2) is 0 Å². The van der Waals surface area contributed by atoms with Crippen LogP contribution < -0.4 is 4.72 Å². The van der Waals surface area contributed by atoms with Crippen LogP contribution in [0.1, 0.15) is 19.8 Å². The highest BCUT2D eigenvalue weighted by molar-refractivity contribution is 7.87. The van der Waals surface area contributed by atoms with Crippen LogP contribution >= 0.6 is 0 Å². The van der Waals surface area contributed by atoms with E-state index in [1.807, 2.05) is 0 Å². The van der Waals surface area contributed by atoms with E-state index in [0.29, 0.717) is 12.8 Å². The molecule has 14 heavy (non-hydrogen) atoms. The van der Waals surface area contributed by atoms with Gasteiger partial charge in [0, 0.05) is 13.1 Å². The lowest BCUT2D eigenvalue weighted by Crippen LogP contribution is -2.46. The summed E-state index contributed by atoms with van der Waals surface area (Å²) in [6.45, 7) is 2.21. The van der Waals surface area contributed by atoms with Gasteiger partial charge in [-0.25, -0.2) is 4.72 Å². The summed E-state index contributed by atoms with van der Waals surface area (Å²) in [5.74, 6) is -1.08. The summed E-state index contributed by atoms with van der Waals surface area (Å²) >= 11 is 0. The van der Waals surface area contributed by atoms with Crippen molar-refractivity contribution in [1.82, 2.24) is 9.03 Å². The van der Waals surface area contributed by atoms with Crippen molar-refractivity contribution in [3.63, 3.8) is 0 Å². The third kappa shape index (κ3) is 2.23. The Kier molecular flexibility index (Phi) is 3.46. The standard InChI is InChI=1S/C7H14N2O4S/c1-2-8-14(12,13)9-5-3-4-6(9)7(10)11/h6,8H,2-5H2,1H3,(H,10,11). The third-order valence-electron chi connectivity index (χ3n) is 2.12. The second kappa shape index (κ2) is 4.24. The lowest BCUT2D eigenvalue weighted by molar-refractivity contribution is -0.140. The quantitative estimate of drug-likeness (QED) is 0.664. The number of hydrogen-bond acceptors (Lipinski definition) is 3. The molecule has 0 saturated carbocycles. The zero-order valence-corrected chi connectivity index (χ0v) is 8.75. The van der Waals surface area contributed by atoms with Crippen molar-refractivity contribution >= 4 is 16.2 Å². The third-order valence-corrected chi connectivity index (χ3v) is 3.83. The summed E-state index contributed by atoms with van der Waals surface area (Å²) < 4.78 is 26.3. The molecule has 1 aliphatic heterocycles. The Hall–Kier alpha value is -0.660. The van der Waals surface area contributed by atoms with Gasteiger partial charge >= 0.3 is 5.97 Å². The topological polar surface area (TPSA) is 86.7 Å². The number of hydrogen-bond donors (Lipinski definition) is 2. The van der Waals surface area contributed by atoms with Crippen LogP contribution in [-0.4, -0.2) is 42.9 Å². The molecule has 1 saturated heterocycles. The number of nitrogens with one attached hydrogen (secondary N) is 1. The lowest BCUT2D eigenvalue weighted by atomic mass is 10.2. The van der Waals surface area contributed by atoms with Gasteiger partial charge in [0.1, 0.15) is 6.04 Å². The monoisotopic (exact) mass is 222 g/mol. The molecule has 1 heterocycles. The first-order valence-corrected chi connectivity index (χ1v) is 5.92. The van der Waals surface area contributed by atoms with Crippen LogP contribution in [0.15, 0.2) is 0 Å². The van der Waals surface area contributed by atoms with Crippen LogP contribution in [0.25, 0.3) is 0 Å². The average molecular weight is 222 g/mol. The van der Waals surface area contributed by atoms with E-state index in [1.165, 1.54) is 0 Å².